The normalized spacial score (nSPS) is 10.6. The molecule has 6 nitrogen and oxygen atoms in total. The summed E-state index contributed by atoms with van der Waals surface area (Å²) in [4.78, 5) is 8.89. The molecule has 0 fully saturated rings. The lowest BCUT2D eigenvalue weighted by atomic mass is 10.1. The van der Waals surface area contributed by atoms with Crippen LogP contribution in [0.2, 0.25) is 0 Å². The van der Waals surface area contributed by atoms with Crippen LogP contribution in [0.4, 0.5) is 23.1 Å². The molecule has 0 aliphatic rings. The Balaban J connectivity index is 1.63. The molecule has 6 heteroatoms. The van der Waals surface area contributed by atoms with E-state index in [1.54, 1.807) is 19.4 Å². The second kappa shape index (κ2) is 7.44. The van der Waals surface area contributed by atoms with E-state index in [4.69, 9.17) is 4.74 Å². The number of hydrogen-bond acceptors (Lipinski definition) is 6. The van der Waals surface area contributed by atoms with Gasteiger partial charge < -0.3 is 20.5 Å². The van der Waals surface area contributed by atoms with Crippen molar-refractivity contribution in [1.82, 2.24) is 9.97 Å². The fourth-order valence-electron chi connectivity index (χ4n) is 2.91. The number of aromatic hydroxyl groups is 1. The molecule has 0 saturated heterocycles. The van der Waals surface area contributed by atoms with Gasteiger partial charge in [-0.2, -0.15) is 4.98 Å². The predicted molar refractivity (Wildman–Crippen MR) is 112 cm³/mol. The summed E-state index contributed by atoms with van der Waals surface area (Å²) in [5.74, 6) is 1.98. The molecular weight excluding hydrogens is 352 g/mol. The number of rotatable bonds is 5. The Morgan fingerprint density at radius 1 is 0.929 bits per heavy atom. The molecule has 0 aliphatic heterocycles. The molecule has 4 rings (SSSR count). The summed E-state index contributed by atoms with van der Waals surface area (Å²) in [5.41, 5.74) is 2.28. The summed E-state index contributed by atoms with van der Waals surface area (Å²) in [6, 6.07) is 19.1. The zero-order chi connectivity index (χ0) is 19.5. The third-order valence-electron chi connectivity index (χ3n) is 4.41. The van der Waals surface area contributed by atoms with E-state index in [1.807, 2.05) is 61.5 Å². The maximum atomic E-state index is 10.4. The fraction of sp³-hybridized carbons (Fsp3) is 0.0909. The van der Waals surface area contributed by atoms with Crippen molar-refractivity contribution in [3.63, 3.8) is 0 Å². The van der Waals surface area contributed by atoms with Crippen LogP contribution in [0.5, 0.6) is 11.5 Å². The molecule has 0 bridgehead atoms. The first-order valence-corrected chi connectivity index (χ1v) is 8.86. The maximum absolute atomic E-state index is 10.4. The first kappa shape index (κ1) is 17.6. The van der Waals surface area contributed by atoms with E-state index in [0.717, 1.165) is 27.8 Å². The molecule has 0 atom stereocenters. The number of ether oxygens (including phenoxy) is 1. The monoisotopic (exact) mass is 372 g/mol. The first-order chi connectivity index (χ1) is 13.6. The minimum absolute atomic E-state index is 0.166. The third kappa shape index (κ3) is 3.66. The Morgan fingerprint density at radius 2 is 1.71 bits per heavy atom. The van der Waals surface area contributed by atoms with Crippen LogP contribution >= 0.6 is 0 Å². The van der Waals surface area contributed by atoms with Crippen LogP contribution in [0.3, 0.4) is 0 Å². The number of aromatic nitrogens is 2. The molecule has 0 radical (unpaired) electrons. The van der Waals surface area contributed by atoms with E-state index in [1.165, 1.54) is 0 Å². The van der Waals surface area contributed by atoms with Crippen molar-refractivity contribution in [2.75, 3.05) is 17.7 Å². The Kier molecular flexibility index (Phi) is 4.68. The van der Waals surface area contributed by atoms with Gasteiger partial charge in [0.25, 0.3) is 0 Å². The van der Waals surface area contributed by atoms with Gasteiger partial charge >= 0.3 is 0 Å². The highest BCUT2D eigenvalue weighted by Gasteiger charge is 2.09. The van der Waals surface area contributed by atoms with Crippen molar-refractivity contribution in [2.45, 2.75) is 6.92 Å². The lowest BCUT2D eigenvalue weighted by Crippen LogP contribution is -2.03. The maximum Gasteiger partial charge on any atom is 0.229 e. The number of methoxy groups -OCH3 is 1. The Bertz CT molecular complexity index is 1140. The highest BCUT2D eigenvalue weighted by Crippen LogP contribution is 2.32. The van der Waals surface area contributed by atoms with Crippen LogP contribution in [-0.4, -0.2) is 22.2 Å². The largest absolute Gasteiger partial charge is 0.506 e. The van der Waals surface area contributed by atoms with Gasteiger partial charge in [0.1, 0.15) is 17.3 Å². The number of anilines is 4. The summed E-state index contributed by atoms with van der Waals surface area (Å²) in [5, 5.41) is 18.8. The van der Waals surface area contributed by atoms with Crippen molar-refractivity contribution in [1.29, 1.82) is 0 Å². The molecule has 3 N–H and O–H groups in total. The van der Waals surface area contributed by atoms with Crippen LogP contribution in [0.1, 0.15) is 5.56 Å². The van der Waals surface area contributed by atoms with Gasteiger partial charge in [-0.3, -0.25) is 0 Å². The third-order valence-corrected chi connectivity index (χ3v) is 4.41. The average Bonchev–Trinajstić information content (AvgIpc) is 2.71. The van der Waals surface area contributed by atoms with Crippen molar-refractivity contribution < 1.29 is 9.84 Å². The van der Waals surface area contributed by atoms with Gasteiger partial charge in [-0.15, -0.1) is 0 Å². The Hall–Kier alpha value is -3.80. The Labute approximate surface area is 162 Å². The number of fused-ring (bicyclic) bond motifs is 1. The number of phenols is 1. The second-order valence-electron chi connectivity index (χ2n) is 6.42. The lowest BCUT2D eigenvalue weighted by Gasteiger charge is -2.13. The van der Waals surface area contributed by atoms with Gasteiger partial charge in [-0.05, 0) is 42.0 Å². The molecule has 0 amide bonds. The van der Waals surface area contributed by atoms with E-state index >= 15 is 0 Å². The fourth-order valence-corrected chi connectivity index (χ4v) is 2.91. The van der Waals surface area contributed by atoms with E-state index in [9.17, 15) is 5.11 Å². The van der Waals surface area contributed by atoms with E-state index in [2.05, 4.69) is 20.6 Å². The number of aryl methyl sites for hydroxylation is 1. The van der Waals surface area contributed by atoms with Crippen LogP contribution in [0.15, 0.2) is 66.9 Å². The number of nitrogens with one attached hydrogen (secondary N) is 2. The van der Waals surface area contributed by atoms with Crippen molar-refractivity contribution >= 4 is 33.9 Å². The molecular formula is C22H20N4O2. The van der Waals surface area contributed by atoms with E-state index in [0.29, 0.717) is 17.5 Å². The zero-order valence-electron chi connectivity index (χ0n) is 15.6. The van der Waals surface area contributed by atoms with Gasteiger partial charge in [0.2, 0.25) is 5.95 Å². The van der Waals surface area contributed by atoms with E-state index < -0.39 is 0 Å². The number of hydrogen-bond donors (Lipinski definition) is 3. The van der Waals surface area contributed by atoms with Gasteiger partial charge in [0.15, 0.2) is 0 Å². The summed E-state index contributed by atoms with van der Waals surface area (Å²) in [6.07, 6.45) is 1.73. The zero-order valence-corrected chi connectivity index (χ0v) is 15.6. The highest BCUT2D eigenvalue weighted by atomic mass is 16.5. The molecule has 1 heterocycles. The average molecular weight is 372 g/mol. The van der Waals surface area contributed by atoms with Crippen molar-refractivity contribution in [3.8, 4) is 11.5 Å². The Morgan fingerprint density at radius 3 is 2.50 bits per heavy atom. The molecule has 0 spiro atoms. The SMILES string of the molecule is COc1cccc(Nc2ncc(C)c(Nc3cc4ccccc4cc3O)n2)c1. The number of phenolic OH excluding ortho intramolecular Hbond substituents is 1. The summed E-state index contributed by atoms with van der Waals surface area (Å²) in [6.45, 7) is 1.91. The first-order valence-electron chi connectivity index (χ1n) is 8.86. The smallest absolute Gasteiger partial charge is 0.229 e. The molecule has 28 heavy (non-hydrogen) atoms. The lowest BCUT2D eigenvalue weighted by molar-refractivity contribution is 0.415. The molecule has 0 saturated carbocycles. The molecule has 3 aromatic carbocycles. The minimum Gasteiger partial charge on any atom is -0.506 e. The van der Waals surface area contributed by atoms with Crippen LogP contribution in [0.25, 0.3) is 10.8 Å². The summed E-state index contributed by atoms with van der Waals surface area (Å²) in [7, 11) is 1.62. The van der Waals surface area contributed by atoms with Crippen LogP contribution in [-0.2, 0) is 0 Å². The van der Waals surface area contributed by atoms with Gasteiger partial charge in [-0.25, -0.2) is 4.98 Å². The van der Waals surface area contributed by atoms with E-state index in [-0.39, 0.29) is 5.75 Å². The second-order valence-corrected chi connectivity index (χ2v) is 6.42. The van der Waals surface area contributed by atoms with Gasteiger partial charge in [0, 0.05) is 23.5 Å². The number of nitrogens with zero attached hydrogens (tertiary/aromatic N) is 2. The minimum atomic E-state index is 0.166. The quantitative estimate of drug-likeness (QED) is 0.421. The standard InChI is InChI=1S/C22H20N4O2/c1-14-13-23-22(24-17-8-5-9-18(12-17)28-2)26-21(14)25-19-10-15-6-3-4-7-16(15)11-20(19)27/h3-13,27H,1-2H3,(H2,23,24,25,26). The topological polar surface area (TPSA) is 79.3 Å². The van der Waals surface area contributed by atoms with Crippen molar-refractivity contribution in [2.24, 2.45) is 0 Å². The molecule has 140 valence electrons. The predicted octanol–water partition coefficient (Wildman–Crippen LogP) is 5.14. The molecule has 0 unspecified atom stereocenters. The van der Waals surface area contributed by atoms with Gasteiger partial charge in [-0.1, -0.05) is 30.3 Å². The highest BCUT2D eigenvalue weighted by molar-refractivity contribution is 5.89. The van der Waals surface area contributed by atoms with Gasteiger partial charge in [0.05, 0.1) is 12.8 Å². The van der Waals surface area contributed by atoms with Crippen LogP contribution < -0.4 is 15.4 Å². The molecule has 1 aromatic heterocycles. The summed E-state index contributed by atoms with van der Waals surface area (Å²) >= 11 is 0. The van der Waals surface area contributed by atoms with Crippen molar-refractivity contribution in [3.05, 3.63) is 72.4 Å². The summed E-state index contributed by atoms with van der Waals surface area (Å²) < 4.78 is 5.24. The van der Waals surface area contributed by atoms with Crippen LogP contribution in [0, 0.1) is 6.92 Å². The molecule has 0 aliphatic carbocycles. The molecule has 4 aromatic rings. The number of benzene rings is 3.